The molecule has 0 aliphatic carbocycles. The van der Waals surface area contributed by atoms with Gasteiger partial charge in [-0.3, -0.25) is 9.59 Å². The first-order chi connectivity index (χ1) is 34.8. The third kappa shape index (κ3) is 15.6. The van der Waals surface area contributed by atoms with Gasteiger partial charge in [-0.05, 0) is 105 Å². The van der Waals surface area contributed by atoms with Crippen molar-refractivity contribution >= 4 is 28.8 Å². The van der Waals surface area contributed by atoms with Gasteiger partial charge < -0.3 is 75.0 Å². The van der Waals surface area contributed by atoms with Gasteiger partial charge in [-0.25, -0.2) is 9.37 Å². The molecule has 74 heavy (non-hydrogen) atoms. The summed E-state index contributed by atoms with van der Waals surface area (Å²) < 4.78 is 52.9. The first-order valence-corrected chi connectivity index (χ1v) is 27.2. The molecule has 1 aromatic heterocycles. The van der Waals surface area contributed by atoms with Gasteiger partial charge >= 0.3 is 5.97 Å². The van der Waals surface area contributed by atoms with Gasteiger partial charge in [0.15, 0.2) is 17.7 Å². The van der Waals surface area contributed by atoms with Gasteiger partial charge in [0.05, 0.1) is 52.5 Å². The SMILES string of the molecule is CC[C@H]1OC(=O)[C@H](C)[C@@H](O[C@H]2C[C@@](C)(OC)[C@@H](O)[C@H](C)O2)[C@H](C)[C@@H](O[C@H]2C[C@@H](N(C)CC/C(N)=C/N[C@H](CF)Cc3ccc(-c4cnc(NC=O)s4)cc3)C[C@@H](C)O2)[C@](C)(O)C[C@@H](C)CN(C)[C@H](C)[C@@H](O)[C@]1(C)O. The number of hydrogen-bond donors (Lipinski definition) is 7. The summed E-state index contributed by atoms with van der Waals surface area (Å²) in [6, 6.07) is 6.75. The second kappa shape index (κ2) is 26.8. The average Bonchev–Trinajstić information content (AvgIpc) is 3.83. The topological polar surface area (TPSA) is 240 Å². The van der Waals surface area contributed by atoms with Crippen LogP contribution in [0, 0.1) is 17.8 Å². The van der Waals surface area contributed by atoms with Gasteiger partial charge in [0.2, 0.25) is 6.41 Å². The van der Waals surface area contributed by atoms with Gasteiger partial charge in [0.25, 0.3) is 0 Å². The van der Waals surface area contributed by atoms with Gasteiger partial charge in [-0.2, -0.15) is 0 Å². The van der Waals surface area contributed by atoms with Crippen LogP contribution in [-0.2, 0) is 44.4 Å². The van der Waals surface area contributed by atoms with Crippen LogP contribution in [0.1, 0.15) is 113 Å². The number of ether oxygens (including phenoxy) is 6. The first-order valence-electron chi connectivity index (χ1n) is 26.4. The maximum absolute atomic E-state index is 14.5. The highest BCUT2D eigenvalue weighted by Crippen LogP contribution is 2.40. The zero-order valence-corrected chi connectivity index (χ0v) is 46.8. The lowest BCUT2D eigenvalue weighted by Gasteiger charge is -2.48. The molecule has 0 unspecified atom stereocenters. The fourth-order valence-electron chi connectivity index (χ4n) is 11.2. The largest absolute Gasteiger partial charge is 0.459 e. The molecular weight excluding hydrogens is 976 g/mol. The Bertz CT molecular complexity index is 2100. The number of carbonyl (C=O) groups excluding carboxylic acids is 2. The molecule has 18 nitrogen and oxygen atoms in total. The molecule has 3 aliphatic heterocycles. The molecule has 0 saturated carbocycles. The molecule has 3 saturated heterocycles. The fraction of sp³-hybridized carbons (Fsp3) is 0.759. The summed E-state index contributed by atoms with van der Waals surface area (Å²) in [5, 5.41) is 53.7. The van der Waals surface area contributed by atoms with Crippen molar-refractivity contribution in [2.45, 2.75) is 204 Å². The summed E-state index contributed by atoms with van der Waals surface area (Å²) in [7, 11) is 5.39. The fourth-order valence-corrected chi connectivity index (χ4v) is 12.0. The van der Waals surface area contributed by atoms with Crippen molar-refractivity contribution in [3.63, 3.8) is 0 Å². The van der Waals surface area contributed by atoms with E-state index in [0.717, 1.165) is 16.0 Å². The highest BCUT2D eigenvalue weighted by Gasteiger charge is 2.52. The predicted octanol–water partition coefficient (Wildman–Crippen LogP) is 5.35. The Morgan fingerprint density at radius 3 is 2.36 bits per heavy atom. The predicted molar refractivity (Wildman–Crippen MR) is 282 cm³/mol. The van der Waals surface area contributed by atoms with Crippen molar-refractivity contribution in [2.24, 2.45) is 23.5 Å². The number of hydrogen-bond acceptors (Lipinski definition) is 18. The number of aromatic nitrogens is 1. The number of aliphatic hydroxyl groups is 4. The minimum Gasteiger partial charge on any atom is -0.459 e. The number of benzene rings is 1. The molecular formula is C54H89FN6O12S. The number of anilines is 1. The minimum atomic E-state index is -1.82. The Labute approximate surface area is 442 Å². The molecule has 0 bridgehead atoms. The van der Waals surface area contributed by atoms with Gasteiger partial charge in [-0.1, -0.05) is 56.4 Å². The number of amides is 1. The maximum Gasteiger partial charge on any atom is 0.311 e. The molecule has 3 aliphatic rings. The van der Waals surface area contributed by atoms with E-state index in [9.17, 15) is 34.4 Å². The Kier molecular flexibility index (Phi) is 22.3. The van der Waals surface area contributed by atoms with Crippen LogP contribution >= 0.6 is 11.3 Å². The standard InChI is InChI=1S/C54H89FN6O12S/c1-14-43-54(10,67)47(63)35(6)61(12)29-31(2)24-52(8,66)49(33(4)46(34(5)50(65)71-43)72-45-25-53(9,68-13)48(64)36(7)70-45)73-44-23-41(21-32(3)69-44)60(11)20-19-39(56)27-57-40(26-55)22-37-15-17-38(18-16-37)42-28-58-51(74-42)59-30-62/h15-18,27-28,30-36,40-41,43-49,57,63-64,66-67H,14,19-26,29,56H2,1-13H3,(H,58,59,62)/b39-27-/t31-,32-,33+,34-,35-,36+,40+,41+,43-,44+,45+,46+,47-,48+,49-,52-,53-,54-/m1/s1. The Balaban J connectivity index is 1.35. The van der Waals surface area contributed by atoms with Crippen LogP contribution in [0.3, 0.4) is 0 Å². The second-order valence-electron chi connectivity index (χ2n) is 22.3. The number of aliphatic hydroxyl groups excluding tert-OH is 2. The lowest BCUT2D eigenvalue weighted by atomic mass is 9.77. The molecule has 18 atom stereocenters. The Morgan fingerprint density at radius 1 is 1.04 bits per heavy atom. The summed E-state index contributed by atoms with van der Waals surface area (Å²) in [5.74, 6) is -2.57. The first kappa shape index (κ1) is 61.5. The number of alkyl halides is 1. The molecule has 420 valence electrons. The number of thiazole rings is 1. The molecule has 1 aromatic carbocycles. The zero-order valence-electron chi connectivity index (χ0n) is 46.0. The highest BCUT2D eigenvalue weighted by atomic mass is 32.1. The van der Waals surface area contributed by atoms with Gasteiger partial charge in [0.1, 0.15) is 30.6 Å². The number of nitrogens with one attached hydrogen (secondary N) is 2. The van der Waals surface area contributed by atoms with Crippen LogP contribution in [0.25, 0.3) is 10.4 Å². The average molecular weight is 1070 g/mol. The van der Waals surface area contributed by atoms with Crippen molar-refractivity contribution in [1.82, 2.24) is 20.1 Å². The summed E-state index contributed by atoms with van der Waals surface area (Å²) in [4.78, 5) is 34.5. The van der Waals surface area contributed by atoms with E-state index in [1.807, 2.05) is 71.0 Å². The van der Waals surface area contributed by atoms with E-state index >= 15 is 0 Å². The summed E-state index contributed by atoms with van der Waals surface area (Å²) >= 11 is 1.37. The molecule has 4 heterocycles. The molecule has 1 amide bonds. The van der Waals surface area contributed by atoms with E-state index < -0.39 is 103 Å². The van der Waals surface area contributed by atoms with Crippen LogP contribution in [0.4, 0.5) is 9.52 Å². The van der Waals surface area contributed by atoms with E-state index in [4.69, 9.17) is 34.2 Å². The summed E-state index contributed by atoms with van der Waals surface area (Å²) in [5.41, 5.74) is 4.58. The van der Waals surface area contributed by atoms with Crippen LogP contribution in [-0.4, -0.2) is 179 Å². The molecule has 5 rings (SSSR count). The van der Waals surface area contributed by atoms with E-state index in [0.29, 0.717) is 56.0 Å². The van der Waals surface area contributed by atoms with E-state index in [1.54, 1.807) is 47.0 Å². The summed E-state index contributed by atoms with van der Waals surface area (Å²) in [6.45, 7) is 18.3. The van der Waals surface area contributed by atoms with Crippen LogP contribution in [0.2, 0.25) is 0 Å². The van der Waals surface area contributed by atoms with E-state index in [-0.39, 0.29) is 37.3 Å². The molecule has 20 heteroatoms. The number of esters is 1. The lowest BCUT2D eigenvalue weighted by molar-refractivity contribution is -0.308. The van der Waals surface area contributed by atoms with Crippen LogP contribution in [0.15, 0.2) is 42.4 Å². The molecule has 3 fully saturated rings. The smallest absolute Gasteiger partial charge is 0.311 e. The molecule has 0 radical (unpaired) electrons. The number of nitrogens with two attached hydrogens (primary N) is 1. The zero-order chi connectivity index (χ0) is 54.9. The van der Waals surface area contributed by atoms with Crippen molar-refractivity contribution < 1.29 is 62.8 Å². The van der Waals surface area contributed by atoms with Gasteiger partial charge in [-0.15, -0.1) is 0 Å². The maximum atomic E-state index is 14.5. The number of methoxy groups -OCH3 is 1. The van der Waals surface area contributed by atoms with Crippen molar-refractivity contribution in [1.29, 1.82) is 0 Å². The quantitative estimate of drug-likeness (QED) is 0.0735. The van der Waals surface area contributed by atoms with Crippen LogP contribution < -0.4 is 16.4 Å². The molecule has 0 spiro atoms. The minimum absolute atomic E-state index is 0.0121. The highest BCUT2D eigenvalue weighted by molar-refractivity contribution is 7.19. The summed E-state index contributed by atoms with van der Waals surface area (Å²) in [6.07, 6.45) is -1.35. The van der Waals surface area contributed by atoms with Crippen molar-refractivity contribution in [3.8, 4) is 10.4 Å². The Morgan fingerprint density at radius 2 is 1.73 bits per heavy atom. The van der Waals surface area contributed by atoms with Crippen molar-refractivity contribution in [2.75, 3.05) is 46.3 Å². The van der Waals surface area contributed by atoms with Crippen LogP contribution in [0.5, 0.6) is 0 Å². The third-order valence-electron chi connectivity index (χ3n) is 15.9. The Hall–Kier alpha value is -3.38. The number of nitrogens with zero attached hydrogens (tertiary/aromatic N) is 3. The van der Waals surface area contributed by atoms with E-state index in [1.165, 1.54) is 25.4 Å². The molecule has 2 aromatic rings. The third-order valence-corrected chi connectivity index (χ3v) is 16.9. The van der Waals surface area contributed by atoms with E-state index in [2.05, 4.69) is 20.5 Å². The number of halogens is 1. The second-order valence-corrected chi connectivity index (χ2v) is 23.3. The lowest BCUT2D eigenvalue weighted by Crippen LogP contribution is -2.59. The van der Waals surface area contributed by atoms with Gasteiger partial charge in [0, 0.05) is 75.6 Å². The number of rotatable bonds is 18. The number of cyclic esters (lactones) is 1. The number of carbonyl (C=O) groups is 2. The normalized spacial score (nSPS) is 37.9. The molecule has 8 N–H and O–H groups in total. The monoisotopic (exact) mass is 1060 g/mol. The van der Waals surface area contributed by atoms with Crippen molar-refractivity contribution in [3.05, 3.63) is 47.9 Å². The number of likely N-dealkylation sites (N-methyl/N-ethyl adjacent to an activating group) is 1.